The van der Waals surface area contributed by atoms with Crippen molar-refractivity contribution < 1.29 is 114 Å². The molecular weight excluding hydrogens is 801 g/mol. The number of unbranched alkanes of at least 4 members (excludes halogenated alkanes) is 3. The Kier molecular flexibility index (Phi) is 21.2. The lowest BCUT2D eigenvalue weighted by atomic mass is 9.84. The molecule has 0 aromatic rings. The van der Waals surface area contributed by atoms with Gasteiger partial charge in [-0.05, 0) is 19.3 Å². The first-order chi connectivity index (χ1) is 25.1. The zero-order chi connectivity index (χ0) is 41.3. The molecule has 0 heterocycles. The number of carboxylic acid groups (broad SMARTS) is 3. The first kappa shape index (κ1) is 49.2. The fourth-order valence-electron chi connectivity index (χ4n) is 4.44. The summed E-state index contributed by atoms with van der Waals surface area (Å²) in [5, 5.41) is 27.0. The Morgan fingerprint density at radius 3 is 0.889 bits per heavy atom. The zero-order valence-electron chi connectivity index (χ0n) is 29.3. The van der Waals surface area contributed by atoms with Crippen LogP contribution in [-0.4, -0.2) is 122 Å². The number of ether oxygens (including phenoxy) is 3. The number of hydrogen-bond donors (Lipinski definition) is 6. The minimum Gasteiger partial charge on any atom is -0.480 e. The highest BCUT2D eigenvalue weighted by molar-refractivity contribution is 7.48. The molecule has 0 saturated heterocycles. The van der Waals surface area contributed by atoms with Crippen LogP contribution in [-0.2, 0) is 83.8 Å². The van der Waals surface area contributed by atoms with Gasteiger partial charge in [-0.15, -0.1) is 0 Å². The molecule has 1 aliphatic carbocycles. The Morgan fingerprint density at radius 1 is 0.444 bits per heavy atom. The maximum Gasteiger partial charge on any atom is 0.473 e. The molecule has 312 valence electrons. The van der Waals surface area contributed by atoms with E-state index in [1.165, 1.54) is 0 Å². The summed E-state index contributed by atoms with van der Waals surface area (Å²) in [7, 11) is -17.4. The summed E-state index contributed by atoms with van der Waals surface area (Å²) in [5.74, 6) is -8.94. The number of carboxylic acids is 3. The maximum atomic E-state index is 13.1. The predicted molar refractivity (Wildman–Crippen MR) is 173 cm³/mol. The minimum absolute atomic E-state index is 0.156. The quantitative estimate of drug-likeness (QED) is 0.0391. The second-order valence-electron chi connectivity index (χ2n) is 11.3. The molecule has 1 fully saturated rings. The van der Waals surface area contributed by atoms with E-state index in [2.05, 4.69) is 13.6 Å². The molecule has 0 amide bonds. The average Bonchev–Trinajstić information content (AvgIpc) is 3.07. The molecule has 0 spiro atoms. The molecule has 54 heavy (non-hydrogen) atoms. The van der Waals surface area contributed by atoms with Crippen LogP contribution in [0.2, 0.25) is 0 Å². The first-order valence-electron chi connectivity index (χ1n) is 16.3. The monoisotopic (exact) mass is 846 g/mol. The third-order valence-electron chi connectivity index (χ3n) is 6.77. The molecule has 27 heteroatoms. The lowest BCUT2D eigenvalue weighted by Crippen LogP contribution is -2.68. The number of rotatable bonds is 27. The number of aliphatic carboxylic acids is 3. The van der Waals surface area contributed by atoms with Crippen LogP contribution in [0.3, 0.4) is 0 Å². The molecule has 9 atom stereocenters. The molecule has 24 nitrogen and oxygen atoms in total. The normalized spacial score (nSPS) is 24.6. The summed E-state index contributed by atoms with van der Waals surface area (Å²) in [5.41, 5.74) is 0. The van der Waals surface area contributed by atoms with E-state index in [1.807, 2.05) is 0 Å². The lowest BCUT2D eigenvalue weighted by molar-refractivity contribution is -0.241. The van der Waals surface area contributed by atoms with Gasteiger partial charge in [0.15, 0.2) is 38.1 Å². The van der Waals surface area contributed by atoms with Crippen molar-refractivity contribution >= 4 is 59.3 Å². The van der Waals surface area contributed by atoms with Gasteiger partial charge < -0.3 is 44.2 Å². The molecule has 0 aromatic carbocycles. The van der Waals surface area contributed by atoms with Crippen LogP contribution >= 0.6 is 23.5 Å². The van der Waals surface area contributed by atoms with Crippen molar-refractivity contribution in [2.45, 2.75) is 115 Å². The van der Waals surface area contributed by atoms with Crippen molar-refractivity contribution in [1.29, 1.82) is 0 Å². The van der Waals surface area contributed by atoms with E-state index in [0.29, 0.717) is 19.3 Å². The molecule has 1 aliphatic rings. The highest BCUT2D eigenvalue weighted by atomic mass is 31.2. The number of esters is 3. The fraction of sp³-hybridized carbons (Fsp3) is 0.778. The Morgan fingerprint density at radius 2 is 0.667 bits per heavy atom. The number of carbonyl (C=O) groups excluding carboxylic acids is 3. The van der Waals surface area contributed by atoms with Crippen LogP contribution in [0.1, 0.15) is 78.6 Å². The van der Waals surface area contributed by atoms with Gasteiger partial charge in [0.2, 0.25) is 0 Å². The van der Waals surface area contributed by atoms with Crippen molar-refractivity contribution in [3.05, 3.63) is 0 Å². The summed E-state index contributed by atoms with van der Waals surface area (Å²) in [6.07, 6.45) is -14.7. The molecule has 1 saturated carbocycles. The summed E-state index contributed by atoms with van der Waals surface area (Å²) in [4.78, 5) is 104. The summed E-state index contributed by atoms with van der Waals surface area (Å²) in [6, 6.07) is 0. The molecule has 0 radical (unpaired) electrons. The van der Waals surface area contributed by atoms with Crippen molar-refractivity contribution in [3.63, 3.8) is 0 Å². The Labute approximate surface area is 308 Å². The lowest BCUT2D eigenvalue weighted by Gasteiger charge is -2.48. The smallest absolute Gasteiger partial charge is 0.473 e. The Bertz CT molecular complexity index is 1360. The largest absolute Gasteiger partial charge is 0.480 e. The standard InChI is InChI=1S/C27H45O24P3/c1-4-7-10-19(34)46-22-23(47-20(35)11-8-5-2)25(49-52(37,38)43-13-16(28)29)27(51-54(41,42)45-15-18(32)33)26(24(22)48-21(36)12-9-6-3)50-53(39,40)44-14-17(30)31/h22-27H,4-15H2,1-3H3,(H,28,29)(H,30,31)(H,32,33)(H,37,38)(H,39,40)(H,41,42)/t22-,23-,24+,25-,26-,27-/m0/s1. The highest BCUT2D eigenvalue weighted by Crippen LogP contribution is 2.55. The van der Waals surface area contributed by atoms with E-state index in [0.717, 1.165) is 0 Å². The van der Waals surface area contributed by atoms with E-state index in [-0.39, 0.29) is 25.7 Å². The molecule has 0 bridgehead atoms. The van der Waals surface area contributed by atoms with E-state index in [1.54, 1.807) is 20.8 Å². The van der Waals surface area contributed by atoms with Crippen molar-refractivity contribution in [2.75, 3.05) is 19.8 Å². The van der Waals surface area contributed by atoms with Crippen molar-refractivity contribution in [1.82, 2.24) is 0 Å². The molecule has 0 aliphatic heterocycles. The molecule has 1 rings (SSSR count). The van der Waals surface area contributed by atoms with E-state index >= 15 is 0 Å². The summed E-state index contributed by atoms with van der Waals surface area (Å²) in [6.45, 7) is 0.413. The SMILES string of the molecule is CCCCC(=O)O[C@@H]1[C@@H](OC(=O)CCCC)[C@H](OP(=O)(O)OCC(=O)O)[C@@H](OP(=O)(O)OCC(=O)O)[C@@H](OP(=O)(O)OCC(=O)O)[C@H]1OC(=O)CCCC. The number of carbonyl (C=O) groups is 6. The zero-order valence-corrected chi connectivity index (χ0v) is 32.0. The Balaban J connectivity index is 4.26. The van der Waals surface area contributed by atoms with E-state index in [4.69, 9.17) is 43.1 Å². The minimum atomic E-state index is -5.84. The van der Waals surface area contributed by atoms with Crippen LogP contribution < -0.4 is 0 Å². The molecule has 3 unspecified atom stereocenters. The fourth-order valence-corrected chi connectivity index (χ4v) is 7.09. The predicted octanol–water partition coefficient (Wildman–Crippen LogP) is 2.07. The Hall–Kier alpha value is -2.85. The number of phosphoric ester groups is 3. The van der Waals surface area contributed by atoms with Crippen LogP contribution in [0.4, 0.5) is 0 Å². The van der Waals surface area contributed by atoms with Crippen LogP contribution in [0.25, 0.3) is 0 Å². The third kappa shape index (κ3) is 18.7. The number of phosphoric acid groups is 3. The van der Waals surface area contributed by atoms with Crippen LogP contribution in [0.15, 0.2) is 0 Å². The van der Waals surface area contributed by atoms with Gasteiger partial charge >= 0.3 is 59.3 Å². The third-order valence-corrected chi connectivity index (χ3v) is 9.66. The van der Waals surface area contributed by atoms with Crippen molar-refractivity contribution in [3.8, 4) is 0 Å². The highest BCUT2D eigenvalue weighted by Gasteiger charge is 2.62. The van der Waals surface area contributed by atoms with Gasteiger partial charge in [-0.3, -0.25) is 41.5 Å². The van der Waals surface area contributed by atoms with Crippen LogP contribution in [0, 0.1) is 0 Å². The topological polar surface area (TPSA) is 358 Å². The van der Waals surface area contributed by atoms with Crippen LogP contribution in [0.5, 0.6) is 0 Å². The number of hydrogen-bond acceptors (Lipinski definition) is 18. The van der Waals surface area contributed by atoms with E-state index in [9.17, 15) is 57.1 Å². The summed E-state index contributed by atoms with van der Waals surface area (Å²) >= 11 is 0. The van der Waals surface area contributed by atoms with Gasteiger partial charge in [-0.2, -0.15) is 0 Å². The van der Waals surface area contributed by atoms with Gasteiger partial charge in [0.25, 0.3) is 0 Å². The molecular formula is C27H45O24P3. The molecule has 6 N–H and O–H groups in total. The second kappa shape index (κ2) is 23.3. The molecule has 0 aromatic heterocycles. The van der Waals surface area contributed by atoms with Gasteiger partial charge in [-0.25, -0.2) is 28.1 Å². The van der Waals surface area contributed by atoms with Gasteiger partial charge in [0.1, 0.15) is 18.3 Å². The van der Waals surface area contributed by atoms with Gasteiger partial charge in [-0.1, -0.05) is 40.0 Å². The average molecular weight is 847 g/mol. The summed E-state index contributed by atoms with van der Waals surface area (Å²) < 4.78 is 84.2. The van der Waals surface area contributed by atoms with E-state index < -0.39 is 129 Å². The van der Waals surface area contributed by atoms with Crippen molar-refractivity contribution in [2.24, 2.45) is 0 Å². The van der Waals surface area contributed by atoms with Gasteiger partial charge in [0, 0.05) is 19.3 Å². The maximum absolute atomic E-state index is 13.1. The van der Waals surface area contributed by atoms with Gasteiger partial charge in [0.05, 0.1) is 0 Å². The second-order valence-corrected chi connectivity index (χ2v) is 15.5. The first-order valence-corrected chi connectivity index (χ1v) is 20.8.